The molecule has 1 N–H and O–H groups in total. The molecule has 0 atom stereocenters. The van der Waals surface area contributed by atoms with Crippen molar-refractivity contribution in [3.8, 4) is 0 Å². The number of aryl methyl sites for hydroxylation is 2. The lowest BCUT2D eigenvalue weighted by molar-refractivity contribution is -0.694. The summed E-state index contributed by atoms with van der Waals surface area (Å²) in [5, 5.41) is 15.2. The second-order valence-corrected chi connectivity index (χ2v) is 5.47. The molecule has 1 heterocycles. The van der Waals surface area contributed by atoms with E-state index >= 15 is 0 Å². The van der Waals surface area contributed by atoms with Crippen molar-refractivity contribution in [3.05, 3.63) is 12.2 Å². The summed E-state index contributed by atoms with van der Waals surface area (Å²) in [5.41, 5.74) is 0. The maximum absolute atomic E-state index is 11.0. The number of hydrogen-bond donors (Lipinski definition) is 1. The monoisotopic (exact) mass is 268 g/mol. The van der Waals surface area contributed by atoms with Gasteiger partial charge in [0.15, 0.2) is 9.84 Å². The minimum absolute atomic E-state index is 0. The Bertz CT molecular complexity index is 468. The van der Waals surface area contributed by atoms with Gasteiger partial charge in [-0.05, 0) is 0 Å². The molecule has 0 spiro atoms. The Morgan fingerprint density at radius 2 is 2.31 bits per heavy atom. The fourth-order valence-electron chi connectivity index (χ4n) is 1.09. The third kappa shape index (κ3) is 4.58. The minimum Gasteiger partial charge on any atom is -1.00 e. The Morgan fingerprint density at radius 3 is 2.81 bits per heavy atom. The highest BCUT2D eigenvalue weighted by Crippen LogP contribution is 1.86. The average Bonchev–Trinajstić information content (AvgIpc) is 2.42. The number of sulfone groups is 1. The summed E-state index contributed by atoms with van der Waals surface area (Å²) < 4.78 is 25.0. The largest absolute Gasteiger partial charge is 1.00 e. The summed E-state index contributed by atoms with van der Waals surface area (Å²) in [4.78, 5) is 0. The zero-order valence-corrected chi connectivity index (χ0v) is 10.5. The molecule has 0 unspecified atom stereocenters. The summed E-state index contributed by atoms with van der Waals surface area (Å²) in [6.07, 6.45) is 3.95. The predicted molar refractivity (Wildman–Crippen MR) is 52.5 cm³/mol. The van der Waals surface area contributed by atoms with Gasteiger partial charge < -0.3 is 17.6 Å². The first-order valence-electron chi connectivity index (χ1n) is 4.20. The molecule has 0 fully saturated rings. The fourth-order valence-corrected chi connectivity index (χ4v) is 1.62. The molecule has 16 heavy (non-hydrogen) atoms. The van der Waals surface area contributed by atoms with Crippen molar-refractivity contribution >= 4 is 16.1 Å². The Balaban J connectivity index is 0.00000225. The highest BCUT2D eigenvalue weighted by atomic mass is 35.5. The van der Waals surface area contributed by atoms with Crippen molar-refractivity contribution in [1.82, 2.24) is 9.78 Å². The smallest absolute Gasteiger partial charge is 0.323 e. The van der Waals surface area contributed by atoms with Crippen LogP contribution in [0.2, 0.25) is 0 Å². The summed E-state index contributed by atoms with van der Waals surface area (Å²) >= 11 is 0. The van der Waals surface area contributed by atoms with Crippen LogP contribution in [0.3, 0.4) is 0 Å². The first-order chi connectivity index (χ1) is 6.92. The number of oxime groups is 1. The normalized spacial score (nSPS) is 11.6. The molecule has 0 aliphatic rings. The maximum Gasteiger partial charge on any atom is 0.323 e. The van der Waals surface area contributed by atoms with Crippen LogP contribution in [0, 0.1) is 0 Å². The Labute approximate surface area is 99.7 Å². The summed E-state index contributed by atoms with van der Waals surface area (Å²) in [5.74, 6) is 0.430. The molecular formula is C7H13ClN4O3S. The molecule has 0 aliphatic carbocycles. The third-order valence-electron chi connectivity index (χ3n) is 1.74. The lowest BCUT2D eigenvalue weighted by Crippen LogP contribution is -3.00. The standard InChI is InChI=1S/C7H12N4O3S.ClH/c1-10-6-11(3-4-15(2,13)14)7(9-10)5-8-12;/h5-6H,3-4H2,1-2H3;1H. The SMILES string of the molecule is Cn1c[n+](CCS(C)(=O)=O)c(C=NO)n1.[Cl-]. The van der Waals surface area contributed by atoms with Crippen molar-refractivity contribution < 1.29 is 30.6 Å². The van der Waals surface area contributed by atoms with Crippen LogP contribution in [-0.4, -0.2) is 41.6 Å². The molecule has 1 aromatic heterocycles. The minimum atomic E-state index is -3.01. The average molecular weight is 269 g/mol. The van der Waals surface area contributed by atoms with Gasteiger partial charge in [-0.15, -0.1) is 4.68 Å². The molecule has 0 aromatic carbocycles. The lowest BCUT2D eigenvalue weighted by Gasteiger charge is -1.95. The van der Waals surface area contributed by atoms with Gasteiger partial charge in [0, 0.05) is 11.4 Å². The van der Waals surface area contributed by atoms with Crippen LogP contribution in [0.5, 0.6) is 0 Å². The highest BCUT2D eigenvalue weighted by Gasteiger charge is 2.14. The van der Waals surface area contributed by atoms with E-state index in [0.29, 0.717) is 5.82 Å². The van der Waals surface area contributed by atoms with Crippen molar-refractivity contribution in [2.75, 3.05) is 12.0 Å². The van der Waals surface area contributed by atoms with Gasteiger partial charge in [-0.2, -0.15) is 0 Å². The second-order valence-electron chi connectivity index (χ2n) is 3.22. The van der Waals surface area contributed by atoms with Crippen molar-refractivity contribution in [3.63, 3.8) is 0 Å². The number of rotatable bonds is 4. The Hall–Kier alpha value is -1.15. The van der Waals surface area contributed by atoms with E-state index in [-0.39, 0.29) is 24.7 Å². The van der Waals surface area contributed by atoms with E-state index < -0.39 is 9.84 Å². The molecule has 7 nitrogen and oxygen atoms in total. The number of halogens is 1. The van der Waals surface area contributed by atoms with Gasteiger partial charge in [0.05, 0.1) is 19.3 Å². The molecule has 1 aromatic rings. The zero-order chi connectivity index (χ0) is 11.5. The van der Waals surface area contributed by atoms with Gasteiger partial charge in [0.1, 0.15) is 6.21 Å². The first kappa shape index (κ1) is 14.8. The zero-order valence-electron chi connectivity index (χ0n) is 8.91. The predicted octanol–water partition coefficient (Wildman–Crippen LogP) is -4.44. The van der Waals surface area contributed by atoms with Gasteiger partial charge >= 0.3 is 5.82 Å². The number of hydrogen-bond acceptors (Lipinski definition) is 5. The van der Waals surface area contributed by atoms with Crippen LogP contribution in [-0.2, 0) is 23.4 Å². The van der Waals surface area contributed by atoms with Gasteiger partial charge in [0.2, 0.25) is 6.33 Å². The molecule has 1 rings (SSSR count). The second kappa shape index (κ2) is 5.80. The van der Waals surface area contributed by atoms with Crippen molar-refractivity contribution in [2.24, 2.45) is 12.2 Å². The Kier molecular flexibility index (Phi) is 5.39. The van der Waals surface area contributed by atoms with Crippen LogP contribution in [0.1, 0.15) is 5.82 Å². The van der Waals surface area contributed by atoms with E-state index in [4.69, 9.17) is 5.21 Å². The highest BCUT2D eigenvalue weighted by molar-refractivity contribution is 7.90. The van der Waals surface area contributed by atoms with Gasteiger partial charge in [-0.25, -0.2) is 13.0 Å². The van der Waals surface area contributed by atoms with E-state index in [9.17, 15) is 8.42 Å². The molecular weight excluding hydrogens is 256 g/mol. The summed E-state index contributed by atoms with van der Waals surface area (Å²) in [7, 11) is -1.31. The molecule has 0 amide bonds. The van der Waals surface area contributed by atoms with E-state index in [1.54, 1.807) is 17.9 Å². The third-order valence-corrected chi connectivity index (χ3v) is 2.66. The summed E-state index contributed by atoms with van der Waals surface area (Å²) in [6, 6.07) is 0. The molecule has 9 heteroatoms. The summed E-state index contributed by atoms with van der Waals surface area (Å²) in [6.45, 7) is 0.286. The molecule has 0 bridgehead atoms. The van der Waals surface area contributed by atoms with E-state index in [1.165, 1.54) is 10.9 Å². The van der Waals surface area contributed by atoms with E-state index in [1.807, 2.05) is 0 Å². The fraction of sp³-hybridized carbons (Fsp3) is 0.571. The van der Waals surface area contributed by atoms with Crippen LogP contribution in [0.4, 0.5) is 0 Å². The Morgan fingerprint density at radius 1 is 1.69 bits per heavy atom. The van der Waals surface area contributed by atoms with Crippen LogP contribution in [0.25, 0.3) is 0 Å². The van der Waals surface area contributed by atoms with Gasteiger partial charge in [0.25, 0.3) is 0 Å². The molecule has 0 aliphatic heterocycles. The van der Waals surface area contributed by atoms with E-state index in [0.717, 1.165) is 6.21 Å². The van der Waals surface area contributed by atoms with Crippen LogP contribution < -0.4 is 17.0 Å². The van der Waals surface area contributed by atoms with E-state index in [2.05, 4.69) is 10.3 Å². The van der Waals surface area contributed by atoms with Crippen molar-refractivity contribution in [1.29, 1.82) is 0 Å². The number of nitrogens with zero attached hydrogens (tertiary/aromatic N) is 4. The molecule has 0 saturated heterocycles. The number of aromatic nitrogens is 3. The van der Waals surface area contributed by atoms with Crippen molar-refractivity contribution in [2.45, 2.75) is 6.54 Å². The van der Waals surface area contributed by atoms with Crippen LogP contribution >= 0.6 is 0 Å². The van der Waals surface area contributed by atoms with Gasteiger partial charge in [-0.3, -0.25) is 0 Å². The molecule has 0 saturated carbocycles. The topological polar surface area (TPSA) is 88.4 Å². The van der Waals surface area contributed by atoms with Crippen LogP contribution in [0.15, 0.2) is 11.5 Å². The molecule has 92 valence electrons. The first-order valence-corrected chi connectivity index (χ1v) is 6.26. The maximum atomic E-state index is 11.0. The molecule has 0 radical (unpaired) electrons. The van der Waals surface area contributed by atoms with Gasteiger partial charge in [-0.1, -0.05) is 5.16 Å². The quantitative estimate of drug-likeness (QED) is 0.258. The lowest BCUT2D eigenvalue weighted by atomic mass is 10.6.